The number of aliphatic carboxylic acids is 1. The zero-order valence-electron chi connectivity index (χ0n) is 9.34. The van der Waals surface area contributed by atoms with Crippen LogP contribution in [0.15, 0.2) is 6.20 Å². The van der Waals surface area contributed by atoms with E-state index in [-0.39, 0.29) is 6.03 Å². The van der Waals surface area contributed by atoms with Crippen LogP contribution in [0.4, 0.5) is 9.93 Å². The van der Waals surface area contributed by atoms with E-state index in [0.29, 0.717) is 18.1 Å². The molecule has 0 saturated carbocycles. The van der Waals surface area contributed by atoms with Crippen LogP contribution in [0.2, 0.25) is 0 Å². The standard InChI is InChI=1S/C10H13N3O3S/c1-6-5-11-9(17-6)12-10(16)13-4-2-3-7(13)8(14)15/h5,7H,2-4H2,1H3,(H,14,15)(H,11,12,16)/t7-/m1/s1. The molecule has 0 aromatic carbocycles. The summed E-state index contributed by atoms with van der Waals surface area (Å²) in [4.78, 5) is 29.1. The average Bonchev–Trinajstić information content (AvgIpc) is 2.86. The minimum absolute atomic E-state index is 0.385. The largest absolute Gasteiger partial charge is 0.480 e. The van der Waals surface area contributed by atoms with E-state index < -0.39 is 12.0 Å². The molecular formula is C10H13N3O3S. The Balaban J connectivity index is 2.02. The highest BCUT2D eigenvalue weighted by molar-refractivity contribution is 7.15. The first kappa shape index (κ1) is 11.8. The first-order valence-corrected chi connectivity index (χ1v) is 6.12. The van der Waals surface area contributed by atoms with Crippen molar-refractivity contribution in [3.8, 4) is 0 Å². The van der Waals surface area contributed by atoms with Crippen LogP contribution < -0.4 is 5.32 Å². The maximum Gasteiger partial charge on any atom is 0.326 e. The third-order valence-corrected chi connectivity index (χ3v) is 3.46. The van der Waals surface area contributed by atoms with Gasteiger partial charge in [0.2, 0.25) is 0 Å². The maximum atomic E-state index is 11.9. The Kier molecular flexibility index (Phi) is 3.28. The van der Waals surface area contributed by atoms with Gasteiger partial charge in [-0.1, -0.05) is 0 Å². The van der Waals surface area contributed by atoms with Crippen molar-refractivity contribution in [1.29, 1.82) is 0 Å². The lowest BCUT2D eigenvalue weighted by Crippen LogP contribution is -2.42. The molecule has 1 aromatic heterocycles. The van der Waals surface area contributed by atoms with Crippen LogP contribution in [0.5, 0.6) is 0 Å². The van der Waals surface area contributed by atoms with Crippen molar-refractivity contribution in [2.24, 2.45) is 0 Å². The van der Waals surface area contributed by atoms with Crippen LogP contribution >= 0.6 is 11.3 Å². The van der Waals surface area contributed by atoms with Gasteiger partial charge in [0.25, 0.3) is 0 Å². The molecule has 2 heterocycles. The predicted molar refractivity (Wildman–Crippen MR) is 63.2 cm³/mol. The zero-order valence-corrected chi connectivity index (χ0v) is 10.2. The summed E-state index contributed by atoms with van der Waals surface area (Å²) in [6, 6.07) is -1.10. The number of hydrogen-bond acceptors (Lipinski definition) is 4. The zero-order chi connectivity index (χ0) is 12.4. The second-order valence-corrected chi connectivity index (χ2v) is 5.13. The molecule has 2 N–H and O–H groups in total. The molecule has 0 unspecified atom stereocenters. The Hall–Kier alpha value is -1.63. The minimum atomic E-state index is -0.951. The molecule has 0 spiro atoms. The fourth-order valence-electron chi connectivity index (χ4n) is 1.84. The lowest BCUT2D eigenvalue weighted by Gasteiger charge is -2.20. The van der Waals surface area contributed by atoms with Crippen molar-refractivity contribution in [2.45, 2.75) is 25.8 Å². The third kappa shape index (κ3) is 2.55. The van der Waals surface area contributed by atoms with Crippen molar-refractivity contribution in [1.82, 2.24) is 9.88 Å². The molecule has 17 heavy (non-hydrogen) atoms. The summed E-state index contributed by atoms with van der Waals surface area (Å²) in [6.45, 7) is 2.37. The number of carboxylic acid groups (broad SMARTS) is 1. The molecule has 1 aliphatic heterocycles. The molecule has 1 saturated heterocycles. The number of aryl methyl sites for hydroxylation is 1. The smallest absolute Gasteiger partial charge is 0.326 e. The van der Waals surface area contributed by atoms with Gasteiger partial charge in [0.1, 0.15) is 6.04 Å². The highest BCUT2D eigenvalue weighted by Gasteiger charge is 2.34. The molecule has 7 heteroatoms. The molecule has 2 amide bonds. The number of rotatable bonds is 2. The molecule has 2 rings (SSSR count). The fraction of sp³-hybridized carbons (Fsp3) is 0.500. The van der Waals surface area contributed by atoms with Gasteiger partial charge >= 0.3 is 12.0 Å². The molecular weight excluding hydrogens is 242 g/mol. The van der Waals surface area contributed by atoms with E-state index in [0.717, 1.165) is 11.3 Å². The van der Waals surface area contributed by atoms with Gasteiger partial charge in [0.05, 0.1) is 0 Å². The molecule has 0 bridgehead atoms. The van der Waals surface area contributed by atoms with E-state index >= 15 is 0 Å². The van der Waals surface area contributed by atoms with Crippen LogP contribution in [0.25, 0.3) is 0 Å². The number of anilines is 1. The first-order valence-electron chi connectivity index (χ1n) is 5.31. The molecule has 1 atom stereocenters. The molecule has 92 valence electrons. The number of nitrogens with one attached hydrogen (secondary N) is 1. The summed E-state index contributed by atoms with van der Waals surface area (Å²) in [5.74, 6) is -0.951. The van der Waals surface area contributed by atoms with Crippen molar-refractivity contribution in [3.63, 3.8) is 0 Å². The monoisotopic (exact) mass is 255 g/mol. The van der Waals surface area contributed by atoms with E-state index in [4.69, 9.17) is 5.11 Å². The Bertz CT molecular complexity index is 446. The number of carbonyl (C=O) groups excluding carboxylic acids is 1. The van der Waals surface area contributed by atoms with Crippen molar-refractivity contribution < 1.29 is 14.7 Å². The lowest BCUT2D eigenvalue weighted by atomic mass is 10.2. The molecule has 0 aliphatic carbocycles. The van der Waals surface area contributed by atoms with E-state index in [9.17, 15) is 9.59 Å². The van der Waals surface area contributed by atoms with Gasteiger partial charge in [-0.3, -0.25) is 5.32 Å². The number of nitrogens with zero attached hydrogens (tertiary/aromatic N) is 2. The van der Waals surface area contributed by atoms with Crippen LogP contribution in [0.3, 0.4) is 0 Å². The minimum Gasteiger partial charge on any atom is -0.480 e. The van der Waals surface area contributed by atoms with E-state index in [1.54, 1.807) is 6.20 Å². The lowest BCUT2D eigenvalue weighted by molar-refractivity contribution is -0.141. The second kappa shape index (κ2) is 4.70. The van der Waals surface area contributed by atoms with Crippen molar-refractivity contribution in [2.75, 3.05) is 11.9 Å². The Labute approximate surface area is 102 Å². The highest BCUT2D eigenvalue weighted by Crippen LogP contribution is 2.21. The van der Waals surface area contributed by atoms with E-state index in [1.165, 1.54) is 16.2 Å². The number of thiazole rings is 1. The van der Waals surface area contributed by atoms with Crippen LogP contribution in [0, 0.1) is 6.92 Å². The van der Waals surface area contributed by atoms with Gasteiger partial charge in [-0.05, 0) is 19.8 Å². The summed E-state index contributed by atoms with van der Waals surface area (Å²) >= 11 is 1.37. The SMILES string of the molecule is Cc1cnc(NC(=O)N2CCC[C@@H]2C(=O)O)s1. The molecule has 1 aliphatic rings. The van der Waals surface area contributed by atoms with Gasteiger partial charge in [-0.15, -0.1) is 11.3 Å². The van der Waals surface area contributed by atoms with Gasteiger partial charge in [-0.25, -0.2) is 14.6 Å². The third-order valence-electron chi connectivity index (χ3n) is 2.63. The van der Waals surface area contributed by atoms with Gasteiger partial charge in [0, 0.05) is 17.6 Å². The number of carbonyl (C=O) groups is 2. The quantitative estimate of drug-likeness (QED) is 0.839. The summed E-state index contributed by atoms with van der Waals surface area (Å²) < 4.78 is 0. The molecule has 0 radical (unpaired) electrons. The molecule has 1 fully saturated rings. The Morgan fingerprint density at radius 2 is 2.41 bits per heavy atom. The first-order chi connectivity index (χ1) is 8.08. The second-order valence-electron chi connectivity index (χ2n) is 3.90. The average molecular weight is 255 g/mol. The van der Waals surface area contributed by atoms with E-state index in [1.807, 2.05) is 6.92 Å². The van der Waals surface area contributed by atoms with Crippen molar-refractivity contribution >= 4 is 28.5 Å². The number of urea groups is 1. The summed E-state index contributed by atoms with van der Waals surface area (Å²) in [5, 5.41) is 12.1. The molecule has 6 nitrogen and oxygen atoms in total. The van der Waals surface area contributed by atoms with Crippen LogP contribution in [-0.2, 0) is 4.79 Å². The number of hydrogen-bond donors (Lipinski definition) is 2. The normalized spacial score (nSPS) is 19.4. The van der Waals surface area contributed by atoms with Crippen molar-refractivity contribution in [3.05, 3.63) is 11.1 Å². The van der Waals surface area contributed by atoms with E-state index in [2.05, 4.69) is 10.3 Å². The predicted octanol–water partition coefficient (Wildman–Crippen LogP) is 1.53. The number of amides is 2. The van der Waals surface area contributed by atoms with Gasteiger partial charge in [-0.2, -0.15) is 0 Å². The topological polar surface area (TPSA) is 82.5 Å². The van der Waals surface area contributed by atoms with Gasteiger partial charge in [0.15, 0.2) is 5.13 Å². The summed E-state index contributed by atoms with van der Waals surface area (Å²) in [5.41, 5.74) is 0. The van der Waals surface area contributed by atoms with Crippen LogP contribution in [0.1, 0.15) is 17.7 Å². The maximum absolute atomic E-state index is 11.9. The summed E-state index contributed by atoms with van der Waals surface area (Å²) in [7, 11) is 0. The highest BCUT2D eigenvalue weighted by atomic mass is 32.1. The number of likely N-dealkylation sites (tertiary alicyclic amines) is 1. The number of aromatic nitrogens is 1. The van der Waals surface area contributed by atoms with Crippen LogP contribution in [-0.4, -0.2) is 39.6 Å². The van der Waals surface area contributed by atoms with Gasteiger partial charge < -0.3 is 10.0 Å². The number of carboxylic acids is 1. The fourth-order valence-corrected chi connectivity index (χ4v) is 2.50. The Morgan fingerprint density at radius 3 is 3.00 bits per heavy atom. The Morgan fingerprint density at radius 1 is 1.65 bits per heavy atom. The molecule has 1 aromatic rings. The summed E-state index contributed by atoms with van der Waals surface area (Å²) in [6.07, 6.45) is 2.90.